The molecule has 0 spiro atoms. The van der Waals surface area contributed by atoms with Gasteiger partial charge in [0.1, 0.15) is 6.29 Å². The Morgan fingerprint density at radius 1 is 1.41 bits per heavy atom. The van der Waals surface area contributed by atoms with Crippen LogP contribution in [0, 0.1) is 12.8 Å². The third-order valence-corrected chi connectivity index (χ3v) is 3.49. The van der Waals surface area contributed by atoms with Crippen molar-refractivity contribution in [1.82, 2.24) is 0 Å². The topological polar surface area (TPSA) is 20.3 Å². The quantitative estimate of drug-likeness (QED) is 0.724. The summed E-state index contributed by atoms with van der Waals surface area (Å²) in [6, 6.07) is 6.64. The second-order valence-corrected chi connectivity index (χ2v) is 5.35. The van der Waals surface area contributed by atoms with Crippen molar-refractivity contribution < 1.29 is 4.79 Å². The predicted molar refractivity (Wildman–Crippen MR) is 71.8 cm³/mol. The van der Waals surface area contributed by atoms with Crippen LogP contribution in [-0.2, 0) is 0 Å². The third kappa shape index (κ3) is 2.87. The molecule has 2 heteroatoms. The Morgan fingerprint density at radius 3 is 2.59 bits per heavy atom. The van der Waals surface area contributed by atoms with E-state index in [9.17, 15) is 4.79 Å². The number of benzene rings is 1. The zero-order valence-corrected chi connectivity index (χ0v) is 10.9. The Labute approximate surface area is 104 Å². The fourth-order valence-electron chi connectivity index (χ4n) is 2.16. The molecule has 2 rings (SSSR count). The fraction of sp³-hybridized carbons (Fsp3) is 0.533. The summed E-state index contributed by atoms with van der Waals surface area (Å²) in [6.07, 6.45) is 3.67. The molecule has 0 aromatic heterocycles. The normalized spacial score (nSPS) is 15.1. The first-order valence-corrected chi connectivity index (χ1v) is 6.44. The van der Waals surface area contributed by atoms with Gasteiger partial charge in [-0.3, -0.25) is 4.79 Å². The number of aldehydes is 1. The van der Waals surface area contributed by atoms with E-state index < -0.39 is 0 Å². The zero-order chi connectivity index (χ0) is 12.4. The maximum atomic E-state index is 10.8. The van der Waals surface area contributed by atoms with Gasteiger partial charge in [0.05, 0.1) is 0 Å². The fourth-order valence-corrected chi connectivity index (χ4v) is 2.16. The van der Waals surface area contributed by atoms with Crippen LogP contribution < -0.4 is 4.90 Å². The first kappa shape index (κ1) is 12.2. The highest BCUT2D eigenvalue weighted by atomic mass is 16.1. The van der Waals surface area contributed by atoms with Crippen molar-refractivity contribution >= 4 is 12.0 Å². The van der Waals surface area contributed by atoms with Gasteiger partial charge in [0.2, 0.25) is 0 Å². The lowest BCUT2D eigenvalue weighted by atomic mass is 10.1. The van der Waals surface area contributed by atoms with E-state index in [2.05, 4.69) is 30.9 Å². The van der Waals surface area contributed by atoms with Gasteiger partial charge in [0, 0.05) is 23.8 Å². The van der Waals surface area contributed by atoms with E-state index in [4.69, 9.17) is 0 Å². The summed E-state index contributed by atoms with van der Waals surface area (Å²) in [6.45, 7) is 7.61. The molecule has 1 aromatic rings. The Hall–Kier alpha value is -1.31. The molecule has 0 saturated heterocycles. The summed E-state index contributed by atoms with van der Waals surface area (Å²) in [7, 11) is 0. The van der Waals surface area contributed by atoms with Crippen molar-refractivity contribution in [2.24, 2.45) is 5.92 Å². The van der Waals surface area contributed by atoms with Crippen LogP contribution in [0.1, 0.15) is 42.6 Å². The van der Waals surface area contributed by atoms with Crippen molar-refractivity contribution in [3.8, 4) is 0 Å². The highest BCUT2D eigenvalue weighted by Crippen LogP contribution is 2.32. The second kappa shape index (κ2) is 4.91. The van der Waals surface area contributed by atoms with E-state index in [1.54, 1.807) is 0 Å². The molecule has 2 nitrogen and oxygen atoms in total. The van der Waals surface area contributed by atoms with Gasteiger partial charge in [-0.25, -0.2) is 0 Å². The van der Waals surface area contributed by atoms with E-state index >= 15 is 0 Å². The number of aryl methyl sites for hydroxylation is 1. The van der Waals surface area contributed by atoms with Crippen molar-refractivity contribution in [1.29, 1.82) is 0 Å². The van der Waals surface area contributed by atoms with E-state index in [0.29, 0.717) is 6.04 Å². The van der Waals surface area contributed by atoms with Crippen LogP contribution in [0.25, 0.3) is 0 Å². The molecular formula is C15H21NO. The Balaban J connectivity index is 2.22. The first-order chi connectivity index (χ1) is 8.11. The molecule has 0 N–H and O–H groups in total. The minimum absolute atomic E-state index is 0.511. The van der Waals surface area contributed by atoms with Gasteiger partial charge < -0.3 is 4.90 Å². The maximum Gasteiger partial charge on any atom is 0.150 e. The van der Waals surface area contributed by atoms with E-state index in [-0.39, 0.29) is 0 Å². The molecule has 92 valence electrons. The Morgan fingerprint density at radius 2 is 2.12 bits per heavy atom. The van der Waals surface area contributed by atoms with E-state index in [0.717, 1.165) is 29.9 Å². The van der Waals surface area contributed by atoms with Crippen LogP contribution in [0.15, 0.2) is 18.2 Å². The zero-order valence-electron chi connectivity index (χ0n) is 10.9. The van der Waals surface area contributed by atoms with Crippen molar-refractivity contribution in [2.75, 3.05) is 11.4 Å². The van der Waals surface area contributed by atoms with Crippen LogP contribution >= 0.6 is 0 Å². The van der Waals surface area contributed by atoms with Crippen LogP contribution in [0.2, 0.25) is 0 Å². The molecule has 0 aliphatic heterocycles. The van der Waals surface area contributed by atoms with Gasteiger partial charge in [-0.05, 0) is 63.3 Å². The molecule has 0 bridgehead atoms. The molecule has 0 atom stereocenters. The molecule has 0 amide bonds. The second-order valence-electron chi connectivity index (χ2n) is 5.35. The summed E-state index contributed by atoms with van der Waals surface area (Å²) in [4.78, 5) is 13.3. The van der Waals surface area contributed by atoms with E-state index in [1.165, 1.54) is 18.5 Å². The van der Waals surface area contributed by atoms with Crippen molar-refractivity contribution in [3.63, 3.8) is 0 Å². The molecule has 17 heavy (non-hydrogen) atoms. The first-order valence-electron chi connectivity index (χ1n) is 6.44. The van der Waals surface area contributed by atoms with Gasteiger partial charge in [-0.1, -0.05) is 0 Å². The molecule has 1 aliphatic rings. The molecule has 1 fully saturated rings. The summed E-state index contributed by atoms with van der Waals surface area (Å²) in [5, 5.41) is 0. The Kier molecular flexibility index (Phi) is 3.51. The summed E-state index contributed by atoms with van der Waals surface area (Å²) < 4.78 is 0. The average Bonchev–Trinajstić information content (AvgIpc) is 3.09. The molecule has 1 aliphatic carbocycles. The number of rotatable bonds is 5. The largest absolute Gasteiger partial charge is 0.369 e. The number of hydrogen-bond donors (Lipinski definition) is 0. The van der Waals surface area contributed by atoms with Crippen LogP contribution in [0.5, 0.6) is 0 Å². The number of anilines is 1. The van der Waals surface area contributed by atoms with Gasteiger partial charge in [0.25, 0.3) is 0 Å². The number of nitrogens with zero attached hydrogens (tertiary/aromatic N) is 1. The lowest BCUT2D eigenvalue weighted by Gasteiger charge is -2.29. The monoisotopic (exact) mass is 231 g/mol. The molecule has 1 saturated carbocycles. The van der Waals surface area contributed by atoms with Gasteiger partial charge in [0.15, 0.2) is 0 Å². The van der Waals surface area contributed by atoms with Crippen LogP contribution in [0.3, 0.4) is 0 Å². The molecule has 0 heterocycles. The van der Waals surface area contributed by atoms with Gasteiger partial charge in [-0.15, -0.1) is 0 Å². The maximum absolute atomic E-state index is 10.8. The van der Waals surface area contributed by atoms with Crippen molar-refractivity contribution in [2.45, 2.75) is 39.7 Å². The van der Waals surface area contributed by atoms with Crippen molar-refractivity contribution in [3.05, 3.63) is 29.3 Å². The number of carbonyl (C=O) groups excluding carboxylic acids is 1. The average molecular weight is 231 g/mol. The molecular weight excluding hydrogens is 210 g/mol. The molecule has 0 unspecified atom stereocenters. The Bertz CT molecular complexity index is 407. The minimum atomic E-state index is 0.511. The summed E-state index contributed by atoms with van der Waals surface area (Å²) in [5.41, 5.74) is 3.11. The lowest BCUT2D eigenvalue weighted by molar-refractivity contribution is 0.112. The number of carbonyl (C=O) groups is 1. The minimum Gasteiger partial charge on any atom is -0.369 e. The third-order valence-electron chi connectivity index (χ3n) is 3.49. The van der Waals surface area contributed by atoms with Gasteiger partial charge >= 0.3 is 0 Å². The van der Waals surface area contributed by atoms with Crippen LogP contribution in [0.4, 0.5) is 5.69 Å². The SMILES string of the molecule is Cc1cc(N(CC2CC2)C(C)C)ccc1C=O. The summed E-state index contributed by atoms with van der Waals surface area (Å²) >= 11 is 0. The number of hydrogen-bond acceptors (Lipinski definition) is 2. The highest BCUT2D eigenvalue weighted by molar-refractivity contribution is 5.78. The molecule has 1 aromatic carbocycles. The predicted octanol–water partition coefficient (Wildman–Crippen LogP) is 3.43. The lowest BCUT2D eigenvalue weighted by Crippen LogP contribution is -2.32. The summed E-state index contributed by atoms with van der Waals surface area (Å²) in [5.74, 6) is 0.878. The standard InChI is InChI=1S/C15H21NO/c1-11(2)16(9-13-4-5-13)15-7-6-14(10-17)12(3)8-15/h6-8,10-11,13H,4-5,9H2,1-3H3. The molecule has 0 radical (unpaired) electrons. The highest BCUT2D eigenvalue weighted by Gasteiger charge is 2.25. The van der Waals surface area contributed by atoms with E-state index in [1.807, 2.05) is 13.0 Å². The van der Waals surface area contributed by atoms with Gasteiger partial charge in [-0.2, -0.15) is 0 Å². The smallest absolute Gasteiger partial charge is 0.150 e. The van der Waals surface area contributed by atoms with Crippen LogP contribution in [-0.4, -0.2) is 18.9 Å².